The van der Waals surface area contributed by atoms with Crippen LogP contribution in [0.15, 0.2) is 116 Å². The van der Waals surface area contributed by atoms with Crippen LogP contribution in [0.1, 0.15) is 91.4 Å². The molecular weight excluding hydrogens is 785 g/mol. The molecule has 63 heavy (non-hydrogen) atoms. The van der Waals surface area contributed by atoms with Gasteiger partial charge in [0.2, 0.25) is 11.8 Å². The molecule has 4 fully saturated rings. The minimum atomic E-state index is -0.258. The van der Waals surface area contributed by atoms with E-state index in [2.05, 4.69) is 104 Å². The summed E-state index contributed by atoms with van der Waals surface area (Å²) in [5.74, 6) is 2.05. The van der Waals surface area contributed by atoms with Crippen molar-refractivity contribution in [3.8, 4) is 33.6 Å². The third kappa shape index (κ3) is 9.00. The number of aromatic nitrogens is 4. The van der Waals surface area contributed by atoms with Crippen LogP contribution in [0.5, 0.6) is 0 Å². The van der Waals surface area contributed by atoms with Gasteiger partial charge >= 0.3 is 0 Å². The van der Waals surface area contributed by atoms with Gasteiger partial charge in [-0.2, -0.15) is 0 Å². The van der Waals surface area contributed by atoms with Gasteiger partial charge in [-0.25, -0.2) is 9.97 Å². The number of hydrogen-bond acceptors (Lipinski definition) is 7. The maximum absolute atomic E-state index is 14.4. The minimum absolute atomic E-state index is 0.0579. The Labute approximate surface area is 370 Å². The van der Waals surface area contributed by atoms with Gasteiger partial charge in [0.15, 0.2) is 0 Å². The molecule has 2 N–H and O–H groups in total. The van der Waals surface area contributed by atoms with Crippen LogP contribution < -0.4 is 0 Å². The van der Waals surface area contributed by atoms with Crippen molar-refractivity contribution in [2.24, 2.45) is 0 Å². The van der Waals surface area contributed by atoms with Gasteiger partial charge in [-0.05, 0) is 90.6 Å². The number of benzene rings is 4. The zero-order chi connectivity index (χ0) is 42.5. The van der Waals surface area contributed by atoms with Gasteiger partial charge in [-0.15, -0.1) is 0 Å². The van der Waals surface area contributed by atoms with Crippen LogP contribution in [0.4, 0.5) is 0 Å². The summed E-state index contributed by atoms with van der Waals surface area (Å²) in [5, 5.41) is 0. The molecule has 4 aromatic carbocycles. The number of hydrogen-bond donors (Lipinski definition) is 2. The van der Waals surface area contributed by atoms with Crippen LogP contribution in [-0.4, -0.2) is 104 Å². The van der Waals surface area contributed by atoms with Gasteiger partial charge in [0.25, 0.3) is 0 Å². The third-order valence-corrected chi connectivity index (χ3v) is 13.7. The number of ether oxygens (including phenoxy) is 1. The van der Waals surface area contributed by atoms with Crippen molar-refractivity contribution in [1.82, 2.24) is 39.5 Å². The largest absolute Gasteiger partial charge is 0.379 e. The molecule has 0 spiro atoms. The van der Waals surface area contributed by atoms with Gasteiger partial charge in [0.1, 0.15) is 17.7 Å². The first-order valence-electron chi connectivity index (χ1n) is 23.1. The zero-order valence-corrected chi connectivity index (χ0v) is 36.1. The second-order valence-electron chi connectivity index (χ2n) is 17.7. The molecule has 4 aliphatic heterocycles. The number of piperidine rings is 1. The van der Waals surface area contributed by atoms with Crippen LogP contribution in [0.3, 0.4) is 0 Å². The normalized spacial score (nSPS) is 20.3. The van der Waals surface area contributed by atoms with Crippen molar-refractivity contribution in [2.75, 3.05) is 52.5 Å². The first-order chi connectivity index (χ1) is 31.1. The summed E-state index contributed by atoms with van der Waals surface area (Å²) >= 11 is 0. The van der Waals surface area contributed by atoms with E-state index in [9.17, 15) is 9.59 Å². The first kappa shape index (κ1) is 41.1. The quantitative estimate of drug-likeness (QED) is 0.127. The Hall–Kier alpha value is -5.88. The average molecular weight is 843 g/mol. The van der Waals surface area contributed by atoms with E-state index >= 15 is 0 Å². The topological polar surface area (TPSA) is 114 Å². The number of morpholine rings is 1. The summed E-state index contributed by atoms with van der Waals surface area (Å²) in [4.78, 5) is 53.9. The van der Waals surface area contributed by atoms with Gasteiger partial charge in [-0.3, -0.25) is 19.4 Å². The monoisotopic (exact) mass is 842 g/mol. The lowest BCUT2D eigenvalue weighted by molar-refractivity contribution is -0.139. The van der Waals surface area contributed by atoms with Gasteiger partial charge in [0.05, 0.1) is 55.5 Å². The highest BCUT2D eigenvalue weighted by atomic mass is 16.5. The fourth-order valence-electron chi connectivity index (χ4n) is 10.3. The fourth-order valence-corrected chi connectivity index (χ4v) is 10.3. The van der Waals surface area contributed by atoms with E-state index < -0.39 is 0 Å². The van der Waals surface area contributed by atoms with E-state index in [0.29, 0.717) is 6.42 Å². The van der Waals surface area contributed by atoms with Gasteiger partial charge in [-0.1, -0.05) is 110 Å². The molecule has 2 aromatic heterocycles. The van der Waals surface area contributed by atoms with E-state index in [1.54, 1.807) is 0 Å². The lowest BCUT2D eigenvalue weighted by Gasteiger charge is -2.37. The molecule has 0 aliphatic carbocycles. The van der Waals surface area contributed by atoms with Crippen molar-refractivity contribution >= 4 is 11.8 Å². The molecule has 2 amide bonds. The van der Waals surface area contributed by atoms with Gasteiger partial charge in [0, 0.05) is 32.7 Å². The number of carbonyl (C=O) groups is 2. The van der Waals surface area contributed by atoms with Crippen LogP contribution in [-0.2, 0) is 27.3 Å². The zero-order valence-electron chi connectivity index (χ0n) is 36.1. The molecule has 324 valence electrons. The lowest BCUT2D eigenvalue weighted by Crippen LogP contribution is -2.44. The van der Waals surface area contributed by atoms with Crippen LogP contribution in [0, 0.1) is 0 Å². The van der Waals surface area contributed by atoms with Crippen molar-refractivity contribution in [1.29, 1.82) is 0 Å². The van der Waals surface area contributed by atoms with E-state index in [1.165, 1.54) is 12.0 Å². The van der Waals surface area contributed by atoms with Crippen molar-refractivity contribution < 1.29 is 14.3 Å². The average Bonchev–Trinajstić information content (AvgIpc) is 4.19. The van der Waals surface area contributed by atoms with Crippen molar-refractivity contribution in [3.63, 3.8) is 0 Å². The Balaban J connectivity index is 0.778. The smallest absolute Gasteiger partial charge is 0.245 e. The maximum Gasteiger partial charge on any atom is 0.245 e. The molecule has 6 heterocycles. The lowest BCUT2D eigenvalue weighted by atomic mass is 10.00. The van der Waals surface area contributed by atoms with E-state index in [4.69, 9.17) is 14.7 Å². The number of aromatic amines is 2. The second kappa shape index (κ2) is 18.8. The van der Waals surface area contributed by atoms with E-state index in [1.807, 2.05) is 41.6 Å². The predicted octanol–water partition coefficient (Wildman–Crippen LogP) is 8.76. The molecule has 11 heteroatoms. The SMILES string of the molecule is O=C(Cc1ccccc1CN1CCOCC1)N1CCC[C@H]1c1ncc(-c2ccc(-c3ccc(-c4cnc([C@@H]5CCCN5C(=O)[C@@H](c5ccccc5)N5CCCCC5)[nH]4)cc3)cc2)[nH]1. The number of nitrogens with one attached hydrogen (secondary N) is 2. The highest BCUT2D eigenvalue weighted by Gasteiger charge is 2.39. The number of carbonyl (C=O) groups excluding carboxylic acids is 2. The summed E-state index contributed by atoms with van der Waals surface area (Å²) < 4.78 is 5.54. The standard InChI is InChI=1S/C52H58N8O3/c61-48(33-42-13-5-6-14-43(42)36-57-29-31-63-32-30-57)59-27-9-15-46(59)50-53-34-44(55-50)39-21-17-37(18-22-39)38-19-23-40(24-20-38)45-35-54-51(56-45)47-16-10-28-60(47)52(62)49(41-11-3-1-4-12-41)58-25-7-2-8-26-58/h1,3-6,11-14,17-24,34-35,46-47,49H,2,7-10,15-16,25-33,36H2,(H,53,55)(H,54,56)/t46-,47-,49+/m0/s1. The van der Waals surface area contributed by atoms with Gasteiger partial charge < -0.3 is 24.5 Å². The Bertz CT molecular complexity index is 2470. The summed E-state index contributed by atoms with van der Waals surface area (Å²) in [5.41, 5.74) is 9.66. The van der Waals surface area contributed by atoms with Crippen LogP contribution in [0.2, 0.25) is 0 Å². The van der Waals surface area contributed by atoms with Crippen LogP contribution in [0.25, 0.3) is 33.6 Å². The molecule has 4 saturated heterocycles. The molecule has 4 aliphatic rings. The predicted molar refractivity (Wildman–Crippen MR) is 245 cm³/mol. The van der Waals surface area contributed by atoms with E-state index in [-0.39, 0.29) is 29.9 Å². The summed E-state index contributed by atoms with van der Waals surface area (Å²) in [6, 6.07) is 35.4. The third-order valence-electron chi connectivity index (χ3n) is 13.7. The Morgan fingerprint density at radius 1 is 0.587 bits per heavy atom. The molecule has 11 nitrogen and oxygen atoms in total. The number of imidazole rings is 2. The minimum Gasteiger partial charge on any atom is -0.379 e. The highest BCUT2D eigenvalue weighted by Crippen LogP contribution is 2.37. The fraction of sp³-hybridized carbons (Fsp3) is 0.385. The van der Waals surface area contributed by atoms with Crippen molar-refractivity contribution in [2.45, 2.75) is 76.0 Å². The maximum atomic E-state index is 14.4. The molecule has 6 aromatic rings. The van der Waals surface area contributed by atoms with E-state index in [0.717, 1.165) is 154 Å². The highest BCUT2D eigenvalue weighted by molar-refractivity contribution is 5.84. The molecule has 10 rings (SSSR count). The Kier molecular flexibility index (Phi) is 12.3. The van der Waals surface area contributed by atoms with Crippen LogP contribution >= 0.6 is 0 Å². The summed E-state index contributed by atoms with van der Waals surface area (Å²) in [6.07, 6.45) is 11.4. The summed E-state index contributed by atoms with van der Waals surface area (Å²) in [6.45, 7) is 7.61. The number of H-pyrrole nitrogens is 2. The Morgan fingerprint density at radius 3 is 1.75 bits per heavy atom. The van der Waals surface area contributed by atoms with Crippen molar-refractivity contribution in [3.05, 3.63) is 144 Å². The molecule has 0 unspecified atom stereocenters. The molecule has 0 radical (unpaired) electrons. The molecule has 0 bridgehead atoms. The first-order valence-corrected chi connectivity index (χ1v) is 23.1. The second-order valence-corrected chi connectivity index (χ2v) is 17.7. The number of rotatable bonds is 12. The number of nitrogens with zero attached hydrogens (tertiary/aromatic N) is 6. The number of amides is 2. The summed E-state index contributed by atoms with van der Waals surface area (Å²) in [7, 11) is 0. The molecule has 0 saturated carbocycles. The number of likely N-dealkylation sites (tertiary alicyclic amines) is 3. The molecular formula is C52H58N8O3. The molecule has 3 atom stereocenters. The Morgan fingerprint density at radius 2 is 1.13 bits per heavy atom.